The second-order valence-electron chi connectivity index (χ2n) is 4.79. The van der Waals surface area contributed by atoms with Gasteiger partial charge in [0.15, 0.2) is 5.54 Å². The Labute approximate surface area is 114 Å². The maximum Gasteiger partial charge on any atom is 0.332 e. The largest absolute Gasteiger partial charge is 0.464 e. The van der Waals surface area contributed by atoms with Crippen LogP contribution in [-0.2, 0) is 15.1 Å². The molecule has 1 rings (SSSR count). The molecule has 1 heterocycles. The summed E-state index contributed by atoms with van der Waals surface area (Å²) in [5, 5.41) is 3.31. The number of hydrogen-bond acceptors (Lipinski definition) is 5. The van der Waals surface area contributed by atoms with Crippen molar-refractivity contribution in [3.63, 3.8) is 0 Å². The molecule has 0 aromatic carbocycles. The predicted octanol–water partition coefficient (Wildman–Crippen LogP) is 1.95. The van der Waals surface area contributed by atoms with Crippen LogP contribution in [0.3, 0.4) is 0 Å². The number of nitrogens with one attached hydrogen (secondary N) is 1. The Morgan fingerprint density at radius 3 is 2.58 bits per heavy atom. The lowest BCUT2D eigenvalue weighted by Crippen LogP contribution is -2.52. The van der Waals surface area contributed by atoms with E-state index in [9.17, 15) is 4.79 Å². The first-order chi connectivity index (χ1) is 8.95. The molecular weight excluding hydrogens is 242 g/mol. The van der Waals surface area contributed by atoms with Gasteiger partial charge in [-0.1, -0.05) is 6.92 Å². The smallest absolute Gasteiger partial charge is 0.332 e. The van der Waals surface area contributed by atoms with Crippen LogP contribution in [0.15, 0.2) is 12.4 Å². The normalized spacial score (nSPS) is 15.6. The van der Waals surface area contributed by atoms with Crippen LogP contribution in [0.5, 0.6) is 0 Å². The number of nitrogens with zero attached hydrogens (tertiary/aromatic N) is 2. The Balaban J connectivity index is 3.18. The SMILES string of the molecule is CCOC(=O)C(C)(NC(C)CC)c1nccnc1C. The molecular formula is C14H23N3O2. The second-order valence-corrected chi connectivity index (χ2v) is 4.79. The van der Waals surface area contributed by atoms with E-state index in [1.165, 1.54) is 0 Å². The molecule has 0 saturated carbocycles. The molecule has 19 heavy (non-hydrogen) atoms. The van der Waals surface area contributed by atoms with Gasteiger partial charge in [0.2, 0.25) is 0 Å². The molecule has 2 atom stereocenters. The van der Waals surface area contributed by atoms with Gasteiger partial charge < -0.3 is 4.74 Å². The fourth-order valence-electron chi connectivity index (χ4n) is 1.99. The lowest BCUT2D eigenvalue weighted by Gasteiger charge is -2.31. The molecule has 0 bridgehead atoms. The molecule has 0 amide bonds. The molecule has 0 fully saturated rings. The van der Waals surface area contributed by atoms with E-state index in [1.807, 2.05) is 13.8 Å². The minimum atomic E-state index is -0.968. The Morgan fingerprint density at radius 1 is 1.42 bits per heavy atom. The summed E-state index contributed by atoms with van der Waals surface area (Å²) in [6.07, 6.45) is 4.13. The summed E-state index contributed by atoms with van der Waals surface area (Å²) >= 11 is 0. The van der Waals surface area contributed by atoms with E-state index in [0.29, 0.717) is 12.3 Å². The van der Waals surface area contributed by atoms with Gasteiger partial charge in [0.1, 0.15) is 0 Å². The first kappa shape index (κ1) is 15.6. The van der Waals surface area contributed by atoms with Gasteiger partial charge in [-0.05, 0) is 34.1 Å². The van der Waals surface area contributed by atoms with Crippen molar-refractivity contribution in [2.75, 3.05) is 6.61 Å². The summed E-state index contributed by atoms with van der Waals surface area (Å²) in [5.41, 5.74) is 0.381. The zero-order valence-corrected chi connectivity index (χ0v) is 12.4. The molecule has 0 radical (unpaired) electrons. The van der Waals surface area contributed by atoms with Gasteiger partial charge in [0.25, 0.3) is 0 Å². The van der Waals surface area contributed by atoms with E-state index in [1.54, 1.807) is 26.2 Å². The molecule has 0 aliphatic carbocycles. The number of rotatable bonds is 6. The van der Waals surface area contributed by atoms with Gasteiger partial charge in [-0.25, -0.2) is 4.79 Å². The summed E-state index contributed by atoms with van der Waals surface area (Å²) < 4.78 is 5.19. The van der Waals surface area contributed by atoms with Crippen molar-refractivity contribution in [2.24, 2.45) is 0 Å². The van der Waals surface area contributed by atoms with Crippen LogP contribution in [-0.4, -0.2) is 28.6 Å². The molecule has 5 nitrogen and oxygen atoms in total. The average Bonchev–Trinajstić information content (AvgIpc) is 2.39. The summed E-state index contributed by atoms with van der Waals surface area (Å²) in [6, 6.07) is 0.177. The standard InChI is InChI=1S/C14H23N3O2/c1-6-10(3)17-14(5,13(18)19-7-2)12-11(4)15-8-9-16-12/h8-10,17H,6-7H2,1-5H3. The Hall–Kier alpha value is -1.49. The van der Waals surface area contributed by atoms with Crippen molar-refractivity contribution >= 4 is 5.97 Å². The van der Waals surface area contributed by atoms with Crippen molar-refractivity contribution in [2.45, 2.75) is 52.6 Å². The van der Waals surface area contributed by atoms with Crippen LogP contribution in [0.2, 0.25) is 0 Å². The van der Waals surface area contributed by atoms with Gasteiger partial charge in [-0.15, -0.1) is 0 Å². The highest BCUT2D eigenvalue weighted by atomic mass is 16.5. The summed E-state index contributed by atoms with van der Waals surface area (Å²) in [4.78, 5) is 20.8. The molecule has 5 heteroatoms. The first-order valence-electron chi connectivity index (χ1n) is 6.68. The molecule has 1 aromatic rings. The number of carbonyl (C=O) groups excluding carboxylic acids is 1. The minimum absolute atomic E-state index is 0.177. The van der Waals surface area contributed by atoms with Crippen LogP contribution < -0.4 is 5.32 Å². The molecule has 0 saturated heterocycles. The Bertz CT molecular complexity index is 436. The maximum atomic E-state index is 12.3. The number of esters is 1. The van der Waals surface area contributed by atoms with Crippen molar-refractivity contribution in [1.82, 2.24) is 15.3 Å². The van der Waals surface area contributed by atoms with E-state index in [4.69, 9.17) is 4.74 Å². The molecule has 106 valence electrons. The minimum Gasteiger partial charge on any atom is -0.464 e. The van der Waals surface area contributed by atoms with Gasteiger partial charge in [-0.3, -0.25) is 15.3 Å². The highest BCUT2D eigenvalue weighted by Gasteiger charge is 2.40. The van der Waals surface area contributed by atoms with Crippen LogP contribution >= 0.6 is 0 Å². The second kappa shape index (κ2) is 6.61. The van der Waals surface area contributed by atoms with E-state index < -0.39 is 5.54 Å². The van der Waals surface area contributed by atoms with E-state index in [2.05, 4.69) is 22.2 Å². The Kier molecular flexibility index (Phi) is 5.42. The van der Waals surface area contributed by atoms with E-state index >= 15 is 0 Å². The van der Waals surface area contributed by atoms with E-state index in [0.717, 1.165) is 12.1 Å². The monoisotopic (exact) mass is 265 g/mol. The molecule has 0 spiro atoms. The van der Waals surface area contributed by atoms with Gasteiger partial charge in [0, 0.05) is 18.4 Å². The lowest BCUT2D eigenvalue weighted by atomic mass is 9.94. The number of aromatic nitrogens is 2. The van der Waals surface area contributed by atoms with Gasteiger partial charge >= 0.3 is 5.97 Å². The summed E-state index contributed by atoms with van der Waals surface area (Å²) in [5.74, 6) is -0.320. The highest BCUT2D eigenvalue weighted by Crippen LogP contribution is 2.23. The first-order valence-corrected chi connectivity index (χ1v) is 6.68. The number of ether oxygens (including phenoxy) is 1. The van der Waals surface area contributed by atoms with Crippen molar-refractivity contribution < 1.29 is 9.53 Å². The average molecular weight is 265 g/mol. The number of hydrogen-bond donors (Lipinski definition) is 1. The zero-order valence-electron chi connectivity index (χ0n) is 12.4. The zero-order chi connectivity index (χ0) is 14.5. The molecule has 1 N–H and O–H groups in total. The van der Waals surface area contributed by atoms with Gasteiger partial charge in [-0.2, -0.15) is 0 Å². The quantitative estimate of drug-likeness (QED) is 0.796. The van der Waals surface area contributed by atoms with Crippen LogP contribution in [0, 0.1) is 6.92 Å². The van der Waals surface area contributed by atoms with Crippen molar-refractivity contribution in [1.29, 1.82) is 0 Å². The highest BCUT2D eigenvalue weighted by molar-refractivity contribution is 5.81. The fourth-order valence-corrected chi connectivity index (χ4v) is 1.99. The van der Waals surface area contributed by atoms with Crippen molar-refractivity contribution in [3.05, 3.63) is 23.8 Å². The summed E-state index contributed by atoms with van der Waals surface area (Å²) in [7, 11) is 0. The topological polar surface area (TPSA) is 64.1 Å². The maximum absolute atomic E-state index is 12.3. The molecule has 2 unspecified atom stereocenters. The van der Waals surface area contributed by atoms with E-state index in [-0.39, 0.29) is 12.0 Å². The molecule has 0 aliphatic heterocycles. The fraction of sp³-hybridized carbons (Fsp3) is 0.643. The van der Waals surface area contributed by atoms with Crippen molar-refractivity contribution in [3.8, 4) is 0 Å². The molecule has 1 aromatic heterocycles. The third-order valence-electron chi connectivity index (χ3n) is 3.19. The van der Waals surface area contributed by atoms with Crippen LogP contribution in [0.1, 0.15) is 45.5 Å². The summed E-state index contributed by atoms with van der Waals surface area (Å²) in [6.45, 7) is 9.88. The van der Waals surface area contributed by atoms with Gasteiger partial charge in [0.05, 0.1) is 18.0 Å². The van der Waals surface area contributed by atoms with Crippen LogP contribution in [0.25, 0.3) is 0 Å². The molecule has 0 aliphatic rings. The number of aryl methyl sites for hydroxylation is 1. The third kappa shape index (κ3) is 3.50. The third-order valence-corrected chi connectivity index (χ3v) is 3.19. The number of carbonyl (C=O) groups is 1. The van der Waals surface area contributed by atoms with Crippen LogP contribution in [0.4, 0.5) is 0 Å². The lowest BCUT2D eigenvalue weighted by molar-refractivity contribution is -0.151. The predicted molar refractivity (Wildman–Crippen MR) is 73.6 cm³/mol. The Morgan fingerprint density at radius 2 is 2.05 bits per heavy atom.